The lowest BCUT2D eigenvalue weighted by molar-refractivity contribution is -0.146. The van der Waals surface area contributed by atoms with Gasteiger partial charge in [-0.1, -0.05) is 34.8 Å². The van der Waals surface area contributed by atoms with Gasteiger partial charge in [0.15, 0.2) is 0 Å². The molecule has 0 saturated heterocycles. The van der Waals surface area contributed by atoms with E-state index >= 15 is 0 Å². The van der Waals surface area contributed by atoms with Gasteiger partial charge >= 0.3 is 8.25 Å². The van der Waals surface area contributed by atoms with Crippen LogP contribution in [-0.4, -0.2) is 21.6 Å². The van der Waals surface area contributed by atoms with Gasteiger partial charge in [0.25, 0.3) is 0 Å². The van der Waals surface area contributed by atoms with Crippen molar-refractivity contribution in [3.63, 3.8) is 0 Å². The Morgan fingerprint density at radius 2 is 1.83 bits per heavy atom. The molecule has 0 aliphatic carbocycles. The van der Waals surface area contributed by atoms with Crippen LogP contribution in [0.3, 0.4) is 0 Å². The first-order valence-corrected chi connectivity index (χ1v) is 5.16. The van der Waals surface area contributed by atoms with E-state index < -0.39 is 17.8 Å². The summed E-state index contributed by atoms with van der Waals surface area (Å²) in [5.74, 6) is -1.72. The Hall–Kier alpha value is 0.980. The number of methoxy groups -OCH3 is 1. The summed E-state index contributed by atoms with van der Waals surface area (Å²) < 4.78 is 17.5. The third kappa shape index (κ3) is 3.38. The molecule has 0 saturated carbocycles. The van der Waals surface area contributed by atoms with Gasteiger partial charge < -0.3 is 9.63 Å². The van der Waals surface area contributed by atoms with Gasteiger partial charge in [-0.25, -0.2) is 0 Å². The average molecular weight is 257 g/mol. The molecule has 0 fully saturated rings. The SMILES string of the molecule is COC(C)(O[PH](=O)O)C(Cl)(Cl)Cl. The maximum atomic E-state index is 10.3. The molecule has 0 aliphatic heterocycles. The van der Waals surface area contributed by atoms with Gasteiger partial charge in [0.2, 0.25) is 9.58 Å². The van der Waals surface area contributed by atoms with Crippen LogP contribution in [0.4, 0.5) is 0 Å². The molecule has 0 heterocycles. The summed E-state index contributed by atoms with van der Waals surface area (Å²) >= 11 is 16.3. The molecular formula is C4H8Cl3O4P. The van der Waals surface area contributed by atoms with Gasteiger partial charge in [-0.05, 0) is 6.92 Å². The van der Waals surface area contributed by atoms with Crippen LogP contribution in [0.2, 0.25) is 0 Å². The molecule has 0 aliphatic rings. The summed E-state index contributed by atoms with van der Waals surface area (Å²) in [6, 6.07) is 0. The maximum Gasteiger partial charge on any atom is 0.319 e. The third-order valence-corrected chi connectivity index (χ3v) is 2.78. The van der Waals surface area contributed by atoms with E-state index in [9.17, 15) is 4.57 Å². The van der Waals surface area contributed by atoms with E-state index in [4.69, 9.17) is 39.7 Å². The van der Waals surface area contributed by atoms with E-state index in [2.05, 4.69) is 9.26 Å². The van der Waals surface area contributed by atoms with Gasteiger partial charge in [0.1, 0.15) is 0 Å². The number of alkyl halides is 3. The molecule has 1 N–H and O–H groups in total. The molecule has 0 radical (unpaired) electrons. The van der Waals surface area contributed by atoms with E-state index in [1.807, 2.05) is 0 Å². The number of halogens is 3. The van der Waals surface area contributed by atoms with E-state index in [0.29, 0.717) is 0 Å². The summed E-state index contributed by atoms with van der Waals surface area (Å²) in [5, 5.41) is 0. The fourth-order valence-corrected chi connectivity index (χ4v) is 1.49. The van der Waals surface area contributed by atoms with E-state index in [-0.39, 0.29) is 0 Å². The molecular weight excluding hydrogens is 249 g/mol. The molecule has 0 amide bonds. The Labute approximate surface area is 85.6 Å². The number of hydrogen-bond acceptors (Lipinski definition) is 3. The minimum atomic E-state index is -3.21. The minimum absolute atomic E-state index is 1.20. The molecule has 0 rings (SSSR count). The van der Waals surface area contributed by atoms with Crippen LogP contribution >= 0.6 is 43.1 Å². The second-order valence-electron chi connectivity index (χ2n) is 2.02. The maximum absolute atomic E-state index is 10.3. The minimum Gasteiger partial charge on any atom is -0.349 e. The first kappa shape index (κ1) is 13.0. The van der Waals surface area contributed by atoms with Crippen LogP contribution in [0.15, 0.2) is 0 Å². The summed E-state index contributed by atoms with van der Waals surface area (Å²) in [5.41, 5.74) is 0. The monoisotopic (exact) mass is 256 g/mol. The summed E-state index contributed by atoms with van der Waals surface area (Å²) in [4.78, 5) is 8.45. The molecule has 0 aromatic rings. The molecule has 0 aromatic heterocycles. The fourth-order valence-electron chi connectivity index (χ4n) is 0.382. The van der Waals surface area contributed by atoms with Crippen LogP contribution in [0.1, 0.15) is 6.92 Å². The molecule has 74 valence electrons. The average Bonchev–Trinajstić information content (AvgIpc) is 1.83. The van der Waals surface area contributed by atoms with Crippen LogP contribution in [0.25, 0.3) is 0 Å². The zero-order chi connectivity index (χ0) is 9.99. The molecule has 8 heteroatoms. The zero-order valence-corrected chi connectivity index (χ0v) is 9.57. The van der Waals surface area contributed by atoms with Crippen molar-refractivity contribution in [1.29, 1.82) is 0 Å². The van der Waals surface area contributed by atoms with Crippen molar-refractivity contribution in [2.24, 2.45) is 0 Å². The Balaban J connectivity index is 4.56. The Morgan fingerprint density at radius 1 is 1.42 bits per heavy atom. The van der Waals surface area contributed by atoms with Crippen molar-refractivity contribution in [3.8, 4) is 0 Å². The summed E-state index contributed by atoms with van der Waals surface area (Å²) in [7, 11) is -2.01. The summed E-state index contributed by atoms with van der Waals surface area (Å²) in [6.45, 7) is 1.25. The van der Waals surface area contributed by atoms with Crippen LogP contribution in [0, 0.1) is 0 Å². The highest BCUT2D eigenvalue weighted by Gasteiger charge is 2.47. The predicted molar refractivity (Wildman–Crippen MR) is 48.0 cm³/mol. The second kappa shape index (κ2) is 4.47. The molecule has 12 heavy (non-hydrogen) atoms. The Morgan fingerprint density at radius 3 is 1.92 bits per heavy atom. The molecule has 0 spiro atoms. The quantitative estimate of drug-likeness (QED) is 0.478. The first-order chi connectivity index (χ1) is 5.23. The smallest absolute Gasteiger partial charge is 0.319 e. The molecule has 0 aromatic carbocycles. The standard InChI is InChI=1S/C4H8Cl3O4P/c1-3(10-2,4(5,6)7)11-12(8)9/h12H,1-2H3,(H,8,9). The van der Waals surface area contributed by atoms with E-state index in [1.165, 1.54) is 14.0 Å². The lowest BCUT2D eigenvalue weighted by atomic mass is 10.4. The van der Waals surface area contributed by atoms with Crippen molar-refractivity contribution in [2.45, 2.75) is 16.5 Å². The lowest BCUT2D eigenvalue weighted by Gasteiger charge is -2.32. The molecule has 2 unspecified atom stereocenters. The fraction of sp³-hybridized carbons (Fsp3) is 1.00. The van der Waals surface area contributed by atoms with E-state index in [0.717, 1.165) is 0 Å². The van der Waals surface area contributed by atoms with Crippen molar-refractivity contribution in [3.05, 3.63) is 0 Å². The van der Waals surface area contributed by atoms with Crippen molar-refractivity contribution < 1.29 is 18.7 Å². The first-order valence-electron chi connectivity index (χ1n) is 2.77. The van der Waals surface area contributed by atoms with Crippen molar-refractivity contribution >= 4 is 43.1 Å². The lowest BCUT2D eigenvalue weighted by Crippen LogP contribution is -2.42. The van der Waals surface area contributed by atoms with Gasteiger partial charge in [-0.2, -0.15) is 0 Å². The van der Waals surface area contributed by atoms with E-state index in [1.54, 1.807) is 0 Å². The highest BCUT2D eigenvalue weighted by Crippen LogP contribution is 2.44. The second-order valence-corrected chi connectivity index (χ2v) is 5.03. The van der Waals surface area contributed by atoms with Crippen molar-refractivity contribution in [1.82, 2.24) is 0 Å². The number of ether oxygens (including phenoxy) is 1. The largest absolute Gasteiger partial charge is 0.349 e. The molecule has 2 atom stereocenters. The summed E-state index contributed by atoms with van der Waals surface area (Å²) in [6.07, 6.45) is 0. The van der Waals surface area contributed by atoms with Crippen LogP contribution in [-0.2, 0) is 13.8 Å². The number of hydrogen-bond donors (Lipinski definition) is 1. The van der Waals surface area contributed by atoms with Gasteiger partial charge in [-0.15, -0.1) is 0 Å². The Kier molecular flexibility index (Phi) is 4.83. The predicted octanol–water partition coefficient (Wildman–Crippen LogP) is 2.12. The Bertz CT molecular complexity index is 182. The van der Waals surface area contributed by atoms with Gasteiger partial charge in [-0.3, -0.25) is 9.09 Å². The highest BCUT2D eigenvalue weighted by molar-refractivity contribution is 7.32. The molecule has 4 nitrogen and oxygen atoms in total. The van der Waals surface area contributed by atoms with Crippen LogP contribution in [0.5, 0.6) is 0 Å². The van der Waals surface area contributed by atoms with Gasteiger partial charge in [0.05, 0.1) is 0 Å². The van der Waals surface area contributed by atoms with Crippen LogP contribution < -0.4 is 0 Å². The van der Waals surface area contributed by atoms with Gasteiger partial charge in [0, 0.05) is 7.11 Å². The number of rotatable bonds is 3. The molecule has 0 bridgehead atoms. The highest BCUT2D eigenvalue weighted by atomic mass is 35.6. The topological polar surface area (TPSA) is 55.8 Å². The third-order valence-electron chi connectivity index (χ3n) is 1.19. The zero-order valence-electron chi connectivity index (χ0n) is 6.31. The normalized spacial score (nSPS) is 20.2. The van der Waals surface area contributed by atoms with Crippen molar-refractivity contribution in [2.75, 3.05) is 7.11 Å².